The Bertz CT molecular complexity index is 1100. The third-order valence-electron chi connectivity index (χ3n) is 4.21. The molecule has 6 heteroatoms. The molecule has 0 fully saturated rings. The first-order valence-electron chi connectivity index (χ1n) is 8.07. The Balaban J connectivity index is 1.91. The minimum atomic E-state index is 0.477. The summed E-state index contributed by atoms with van der Waals surface area (Å²) in [6, 6.07) is 14.0. The normalized spacial score (nSPS) is 11.1. The quantitative estimate of drug-likeness (QED) is 0.401. The topological polar surface area (TPSA) is 37.8 Å². The zero-order valence-corrected chi connectivity index (χ0v) is 16.5. The molecule has 130 valence electrons. The Morgan fingerprint density at radius 1 is 0.962 bits per heavy atom. The van der Waals surface area contributed by atoms with Gasteiger partial charge in [0.05, 0.1) is 21.1 Å². The van der Waals surface area contributed by atoms with Crippen molar-refractivity contribution < 1.29 is 0 Å². The fourth-order valence-electron chi connectivity index (χ4n) is 2.93. The molecule has 4 rings (SSSR count). The van der Waals surface area contributed by atoms with Crippen LogP contribution in [-0.2, 0) is 0 Å². The lowest BCUT2D eigenvalue weighted by atomic mass is 10.0. The highest BCUT2D eigenvalue weighted by molar-refractivity contribution is 7.19. The van der Waals surface area contributed by atoms with Crippen LogP contribution in [0.5, 0.6) is 0 Å². The first kappa shape index (κ1) is 17.3. The van der Waals surface area contributed by atoms with E-state index in [9.17, 15) is 0 Å². The highest BCUT2D eigenvalue weighted by atomic mass is 35.5. The number of hydrogen-bond donors (Lipinski definition) is 1. The second-order valence-corrected chi connectivity index (χ2v) is 8.02. The van der Waals surface area contributed by atoms with Gasteiger partial charge in [0.15, 0.2) is 0 Å². The molecule has 0 amide bonds. The van der Waals surface area contributed by atoms with Crippen molar-refractivity contribution >= 4 is 56.3 Å². The second-order valence-electron chi connectivity index (χ2n) is 6.03. The molecule has 0 aliphatic heterocycles. The van der Waals surface area contributed by atoms with Crippen LogP contribution in [0.1, 0.15) is 10.4 Å². The number of halogens is 2. The fraction of sp³-hybridized carbons (Fsp3) is 0.100. The molecule has 0 saturated carbocycles. The Kier molecular flexibility index (Phi) is 4.57. The molecular formula is C20H15Cl2N3S. The molecule has 0 bridgehead atoms. The molecule has 2 heterocycles. The zero-order valence-electron chi connectivity index (χ0n) is 14.2. The van der Waals surface area contributed by atoms with Gasteiger partial charge in [-0.1, -0.05) is 59.1 Å². The van der Waals surface area contributed by atoms with Gasteiger partial charge in [-0.2, -0.15) is 0 Å². The number of anilines is 2. The molecule has 2 aromatic heterocycles. The van der Waals surface area contributed by atoms with Gasteiger partial charge in [0.2, 0.25) is 0 Å². The van der Waals surface area contributed by atoms with Crippen LogP contribution in [0.4, 0.5) is 11.5 Å². The molecule has 0 atom stereocenters. The summed E-state index contributed by atoms with van der Waals surface area (Å²) in [6.45, 7) is 4.19. The number of fused-ring (bicyclic) bond motifs is 1. The number of nitrogens with one attached hydrogen (secondary N) is 1. The molecule has 0 spiro atoms. The van der Waals surface area contributed by atoms with Crippen LogP contribution >= 0.6 is 34.5 Å². The van der Waals surface area contributed by atoms with Crippen molar-refractivity contribution in [2.24, 2.45) is 0 Å². The summed E-state index contributed by atoms with van der Waals surface area (Å²) in [7, 11) is 0. The molecule has 26 heavy (non-hydrogen) atoms. The molecule has 0 radical (unpaired) electrons. The summed E-state index contributed by atoms with van der Waals surface area (Å²) in [5, 5.41) is 5.30. The van der Waals surface area contributed by atoms with Gasteiger partial charge in [-0.25, -0.2) is 9.97 Å². The lowest BCUT2D eigenvalue weighted by Gasteiger charge is -2.11. The number of thiophene rings is 1. The zero-order chi connectivity index (χ0) is 18.3. The maximum absolute atomic E-state index is 6.34. The molecule has 3 nitrogen and oxygen atoms in total. The minimum absolute atomic E-state index is 0.477. The van der Waals surface area contributed by atoms with E-state index in [1.54, 1.807) is 23.7 Å². The molecule has 2 aromatic carbocycles. The van der Waals surface area contributed by atoms with Gasteiger partial charge in [-0.15, -0.1) is 11.3 Å². The molecular weight excluding hydrogens is 385 g/mol. The van der Waals surface area contributed by atoms with E-state index in [2.05, 4.69) is 53.4 Å². The number of benzene rings is 2. The molecule has 0 unspecified atom stereocenters. The number of rotatable bonds is 3. The highest BCUT2D eigenvalue weighted by Gasteiger charge is 2.17. The van der Waals surface area contributed by atoms with E-state index in [4.69, 9.17) is 23.2 Å². The maximum atomic E-state index is 6.34. The number of hydrogen-bond acceptors (Lipinski definition) is 4. The summed E-state index contributed by atoms with van der Waals surface area (Å²) >= 11 is 14.1. The van der Waals surface area contributed by atoms with Gasteiger partial charge in [0, 0.05) is 10.4 Å². The van der Waals surface area contributed by atoms with Crippen LogP contribution in [0, 0.1) is 13.8 Å². The average molecular weight is 400 g/mol. The summed E-state index contributed by atoms with van der Waals surface area (Å²) < 4.78 is 0. The van der Waals surface area contributed by atoms with E-state index >= 15 is 0 Å². The highest BCUT2D eigenvalue weighted by Crippen LogP contribution is 2.42. The van der Waals surface area contributed by atoms with E-state index in [0.29, 0.717) is 10.0 Å². The lowest BCUT2D eigenvalue weighted by Crippen LogP contribution is -1.96. The van der Waals surface area contributed by atoms with Gasteiger partial charge in [0.1, 0.15) is 17.0 Å². The Morgan fingerprint density at radius 2 is 1.73 bits per heavy atom. The van der Waals surface area contributed by atoms with Crippen molar-refractivity contribution in [1.29, 1.82) is 0 Å². The average Bonchev–Trinajstić information content (AvgIpc) is 2.97. The van der Waals surface area contributed by atoms with Crippen molar-refractivity contribution in [3.05, 3.63) is 69.3 Å². The Morgan fingerprint density at radius 3 is 2.50 bits per heavy atom. The largest absolute Gasteiger partial charge is 0.338 e. The van der Waals surface area contributed by atoms with Gasteiger partial charge >= 0.3 is 0 Å². The van der Waals surface area contributed by atoms with Crippen molar-refractivity contribution in [3.63, 3.8) is 0 Å². The molecule has 1 N–H and O–H groups in total. The van der Waals surface area contributed by atoms with E-state index in [-0.39, 0.29) is 0 Å². The van der Waals surface area contributed by atoms with E-state index in [0.717, 1.165) is 32.8 Å². The van der Waals surface area contributed by atoms with Crippen LogP contribution in [0.25, 0.3) is 21.3 Å². The van der Waals surface area contributed by atoms with Gasteiger partial charge < -0.3 is 5.32 Å². The number of nitrogens with zero attached hydrogens (tertiary/aromatic N) is 2. The maximum Gasteiger partial charge on any atom is 0.143 e. The molecule has 0 aliphatic rings. The van der Waals surface area contributed by atoms with Crippen LogP contribution in [0.15, 0.2) is 48.8 Å². The predicted octanol–water partition coefficient (Wildman–Crippen LogP) is 7.03. The van der Waals surface area contributed by atoms with Crippen LogP contribution < -0.4 is 5.32 Å². The Hall–Kier alpha value is -2.14. The van der Waals surface area contributed by atoms with Crippen molar-refractivity contribution in [1.82, 2.24) is 9.97 Å². The summed E-state index contributed by atoms with van der Waals surface area (Å²) in [6.07, 6.45) is 1.57. The third-order valence-corrected chi connectivity index (χ3v) is 6.04. The van der Waals surface area contributed by atoms with Crippen LogP contribution in [0.3, 0.4) is 0 Å². The smallest absolute Gasteiger partial charge is 0.143 e. The number of aromatic nitrogens is 2. The lowest BCUT2D eigenvalue weighted by molar-refractivity contribution is 1.23. The van der Waals surface area contributed by atoms with Crippen LogP contribution in [-0.4, -0.2) is 9.97 Å². The van der Waals surface area contributed by atoms with Crippen LogP contribution in [0.2, 0.25) is 10.0 Å². The summed E-state index contributed by atoms with van der Waals surface area (Å²) in [5.41, 5.74) is 4.24. The van der Waals surface area contributed by atoms with E-state index in [1.165, 1.54) is 10.4 Å². The SMILES string of the molecule is Cc1ccc(-c2c(C)sc3ncnc(Nc4cccc(Cl)c4Cl)c23)cc1. The fourth-order valence-corrected chi connectivity index (χ4v) is 4.30. The second kappa shape index (κ2) is 6.88. The Labute approximate surface area is 165 Å². The van der Waals surface area contributed by atoms with Crippen molar-refractivity contribution in [2.45, 2.75) is 13.8 Å². The molecule has 4 aromatic rings. The van der Waals surface area contributed by atoms with Crippen molar-refractivity contribution in [3.8, 4) is 11.1 Å². The standard InChI is InChI=1S/C20H15Cl2N3S/c1-11-6-8-13(9-7-11)16-12(2)26-20-17(16)19(23-10-24-20)25-15-5-3-4-14(21)18(15)22/h3-10H,1-2H3,(H,23,24,25). The van der Waals surface area contributed by atoms with E-state index < -0.39 is 0 Å². The monoisotopic (exact) mass is 399 g/mol. The third kappa shape index (κ3) is 3.05. The van der Waals surface area contributed by atoms with Gasteiger partial charge in [0.25, 0.3) is 0 Å². The first-order chi connectivity index (χ1) is 12.5. The molecule has 0 aliphatic carbocycles. The van der Waals surface area contributed by atoms with E-state index in [1.807, 2.05) is 12.1 Å². The summed E-state index contributed by atoms with van der Waals surface area (Å²) in [5.74, 6) is 0.721. The number of aryl methyl sites for hydroxylation is 2. The molecule has 0 saturated heterocycles. The summed E-state index contributed by atoms with van der Waals surface area (Å²) in [4.78, 5) is 11.1. The van der Waals surface area contributed by atoms with Crippen molar-refractivity contribution in [2.75, 3.05) is 5.32 Å². The van der Waals surface area contributed by atoms with Gasteiger partial charge in [-0.05, 0) is 31.5 Å². The minimum Gasteiger partial charge on any atom is -0.338 e. The predicted molar refractivity (Wildman–Crippen MR) is 112 cm³/mol. The van der Waals surface area contributed by atoms with Gasteiger partial charge in [-0.3, -0.25) is 0 Å². The first-order valence-corrected chi connectivity index (χ1v) is 9.64.